The molecule has 1 unspecified atom stereocenters. The number of benzene rings is 1. The molecule has 2 N–H and O–H groups in total. The van der Waals surface area contributed by atoms with Crippen LogP contribution in [0.1, 0.15) is 33.1 Å². The number of nitrogens with zero attached hydrogens (tertiary/aromatic N) is 1. The zero-order chi connectivity index (χ0) is 13.3. The summed E-state index contributed by atoms with van der Waals surface area (Å²) in [6.07, 6.45) is 3.15. The molecule has 1 aromatic rings. The van der Waals surface area contributed by atoms with Gasteiger partial charge in [-0.15, -0.1) is 0 Å². The van der Waals surface area contributed by atoms with Crippen LogP contribution in [0.2, 0.25) is 0 Å². The highest BCUT2D eigenvalue weighted by Gasteiger charge is 2.31. The fourth-order valence-electron chi connectivity index (χ4n) is 2.57. The average molecular weight is 250 g/mol. The van der Waals surface area contributed by atoms with E-state index in [-0.39, 0.29) is 17.5 Å². The van der Waals surface area contributed by atoms with E-state index in [2.05, 4.69) is 19.2 Å². The van der Waals surface area contributed by atoms with E-state index in [4.69, 9.17) is 0 Å². The lowest BCUT2D eigenvalue weighted by Crippen LogP contribution is -2.18. The van der Waals surface area contributed by atoms with Crippen molar-refractivity contribution in [2.24, 2.45) is 5.41 Å². The zero-order valence-electron chi connectivity index (χ0n) is 10.6. The molecule has 1 aliphatic rings. The van der Waals surface area contributed by atoms with E-state index in [0.717, 1.165) is 19.3 Å². The smallest absolute Gasteiger partial charge is 0.296 e. The largest absolute Gasteiger partial charge is 0.508 e. The Hall–Kier alpha value is -1.78. The van der Waals surface area contributed by atoms with Crippen LogP contribution < -0.4 is 5.32 Å². The first-order chi connectivity index (χ1) is 8.37. The Kier molecular flexibility index (Phi) is 3.15. The zero-order valence-corrected chi connectivity index (χ0v) is 10.6. The maximum Gasteiger partial charge on any atom is 0.296 e. The Morgan fingerprint density at radius 3 is 2.78 bits per heavy atom. The molecule has 0 heterocycles. The van der Waals surface area contributed by atoms with Crippen molar-refractivity contribution in [3.05, 3.63) is 28.3 Å². The van der Waals surface area contributed by atoms with Gasteiger partial charge in [0.15, 0.2) is 0 Å². The van der Waals surface area contributed by atoms with Crippen LogP contribution in [0.4, 0.5) is 11.4 Å². The molecule has 0 saturated heterocycles. The molecule has 1 saturated carbocycles. The molecule has 0 aromatic heterocycles. The molecule has 1 aliphatic carbocycles. The van der Waals surface area contributed by atoms with Gasteiger partial charge in [-0.05, 0) is 36.8 Å². The molecule has 1 fully saturated rings. The maximum atomic E-state index is 10.9. The molecular formula is C13H18N2O3. The molecule has 1 aromatic carbocycles. The summed E-state index contributed by atoms with van der Waals surface area (Å²) < 4.78 is 0. The summed E-state index contributed by atoms with van der Waals surface area (Å²) in [4.78, 5) is 10.5. The first kappa shape index (κ1) is 12.7. The van der Waals surface area contributed by atoms with Crippen LogP contribution in [-0.2, 0) is 0 Å². The van der Waals surface area contributed by atoms with Crippen molar-refractivity contribution < 1.29 is 10.0 Å². The van der Waals surface area contributed by atoms with Crippen LogP contribution in [-0.4, -0.2) is 16.1 Å². The summed E-state index contributed by atoms with van der Waals surface area (Å²) in [6.45, 7) is 4.42. The third-order valence-electron chi connectivity index (χ3n) is 3.51. The number of nitro benzene ring substituents is 1. The quantitative estimate of drug-likeness (QED) is 0.490. The third-order valence-corrected chi connectivity index (χ3v) is 3.51. The standard InChI is InChI=1S/C13H18N2O3/c1-13(2)6-5-9(8-13)14-11-4-3-10(16)7-12(11)15(17)18/h3-4,7,9,14,16H,5-6,8H2,1-2H3. The fraction of sp³-hybridized carbons (Fsp3) is 0.538. The van der Waals surface area contributed by atoms with Gasteiger partial charge in [-0.25, -0.2) is 0 Å². The van der Waals surface area contributed by atoms with Crippen molar-refractivity contribution in [1.82, 2.24) is 0 Å². The molecule has 18 heavy (non-hydrogen) atoms. The second-order valence-electron chi connectivity index (χ2n) is 5.71. The van der Waals surface area contributed by atoms with Crippen molar-refractivity contribution >= 4 is 11.4 Å². The molecule has 0 spiro atoms. The number of nitrogens with one attached hydrogen (secondary N) is 1. The number of phenols is 1. The predicted molar refractivity (Wildman–Crippen MR) is 69.8 cm³/mol. The van der Waals surface area contributed by atoms with Gasteiger partial charge in [0.1, 0.15) is 11.4 Å². The summed E-state index contributed by atoms with van der Waals surface area (Å²) in [5.41, 5.74) is 0.712. The van der Waals surface area contributed by atoms with E-state index < -0.39 is 4.92 Å². The number of rotatable bonds is 3. The van der Waals surface area contributed by atoms with Crippen LogP contribution in [0, 0.1) is 15.5 Å². The minimum Gasteiger partial charge on any atom is -0.508 e. The van der Waals surface area contributed by atoms with E-state index in [1.54, 1.807) is 6.07 Å². The summed E-state index contributed by atoms with van der Waals surface area (Å²) in [5, 5.41) is 23.4. The maximum absolute atomic E-state index is 10.9. The number of aromatic hydroxyl groups is 1. The van der Waals surface area contributed by atoms with E-state index in [0.29, 0.717) is 11.1 Å². The number of hydrogen-bond acceptors (Lipinski definition) is 4. The van der Waals surface area contributed by atoms with Gasteiger partial charge in [-0.1, -0.05) is 13.8 Å². The number of phenolic OH excluding ortho intramolecular Hbond substituents is 1. The lowest BCUT2D eigenvalue weighted by Gasteiger charge is -2.18. The van der Waals surface area contributed by atoms with E-state index in [1.165, 1.54) is 12.1 Å². The Bertz CT molecular complexity index is 471. The first-order valence-electron chi connectivity index (χ1n) is 6.11. The van der Waals surface area contributed by atoms with Crippen molar-refractivity contribution in [2.75, 3.05) is 5.32 Å². The van der Waals surface area contributed by atoms with E-state index >= 15 is 0 Å². The Labute approximate surface area is 106 Å². The Morgan fingerprint density at radius 2 is 2.22 bits per heavy atom. The predicted octanol–water partition coefficient (Wildman–Crippen LogP) is 3.29. The molecule has 0 bridgehead atoms. The molecule has 98 valence electrons. The minimum absolute atomic E-state index is 0.0697. The van der Waals surface area contributed by atoms with Crippen LogP contribution >= 0.6 is 0 Å². The SMILES string of the molecule is CC1(C)CCC(Nc2ccc(O)cc2[N+](=O)[O-])C1. The molecule has 0 aliphatic heterocycles. The topological polar surface area (TPSA) is 75.4 Å². The van der Waals surface area contributed by atoms with Gasteiger partial charge >= 0.3 is 0 Å². The summed E-state index contributed by atoms with van der Waals surface area (Å²) in [7, 11) is 0. The van der Waals surface area contributed by atoms with Gasteiger partial charge < -0.3 is 10.4 Å². The second-order valence-corrected chi connectivity index (χ2v) is 5.71. The van der Waals surface area contributed by atoms with Gasteiger partial charge in [-0.2, -0.15) is 0 Å². The number of nitro groups is 1. The molecule has 5 nitrogen and oxygen atoms in total. The van der Waals surface area contributed by atoms with Gasteiger partial charge in [0, 0.05) is 6.04 Å². The average Bonchev–Trinajstić information content (AvgIpc) is 2.60. The van der Waals surface area contributed by atoms with Crippen molar-refractivity contribution in [1.29, 1.82) is 0 Å². The molecule has 0 radical (unpaired) electrons. The summed E-state index contributed by atoms with van der Waals surface area (Å²) in [5.74, 6) is -0.0843. The Balaban J connectivity index is 2.17. The number of anilines is 1. The third kappa shape index (κ3) is 2.72. The summed E-state index contributed by atoms with van der Waals surface area (Å²) >= 11 is 0. The molecule has 0 amide bonds. The highest BCUT2D eigenvalue weighted by atomic mass is 16.6. The van der Waals surface area contributed by atoms with Crippen molar-refractivity contribution in [3.8, 4) is 5.75 Å². The van der Waals surface area contributed by atoms with Crippen LogP contribution in [0.15, 0.2) is 18.2 Å². The fourth-order valence-corrected chi connectivity index (χ4v) is 2.57. The molecule has 1 atom stereocenters. The normalized spacial score (nSPS) is 21.8. The monoisotopic (exact) mass is 250 g/mol. The highest BCUT2D eigenvalue weighted by Crippen LogP contribution is 2.39. The van der Waals surface area contributed by atoms with Gasteiger partial charge in [-0.3, -0.25) is 10.1 Å². The minimum atomic E-state index is -0.470. The molecule has 5 heteroatoms. The van der Waals surface area contributed by atoms with Gasteiger partial charge in [0.25, 0.3) is 5.69 Å². The van der Waals surface area contributed by atoms with Gasteiger partial charge in [0.2, 0.25) is 0 Å². The highest BCUT2D eigenvalue weighted by molar-refractivity contribution is 5.64. The van der Waals surface area contributed by atoms with Crippen LogP contribution in [0.5, 0.6) is 5.75 Å². The second kappa shape index (κ2) is 4.48. The lowest BCUT2D eigenvalue weighted by molar-refractivity contribution is -0.384. The molecule has 2 rings (SSSR count). The summed E-state index contributed by atoms with van der Waals surface area (Å²) in [6, 6.07) is 4.49. The van der Waals surface area contributed by atoms with Crippen molar-refractivity contribution in [3.63, 3.8) is 0 Å². The molecular weight excluding hydrogens is 232 g/mol. The Morgan fingerprint density at radius 1 is 1.50 bits per heavy atom. The van der Waals surface area contributed by atoms with Crippen molar-refractivity contribution in [2.45, 2.75) is 39.2 Å². The van der Waals surface area contributed by atoms with Gasteiger partial charge in [0.05, 0.1) is 11.0 Å². The van der Waals surface area contributed by atoms with E-state index in [9.17, 15) is 15.2 Å². The van der Waals surface area contributed by atoms with E-state index in [1.807, 2.05) is 0 Å². The lowest BCUT2D eigenvalue weighted by atomic mass is 9.92. The first-order valence-corrected chi connectivity index (χ1v) is 6.11. The van der Waals surface area contributed by atoms with Crippen LogP contribution in [0.25, 0.3) is 0 Å². The van der Waals surface area contributed by atoms with Crippen LogP contribution in [0.3, 0.4) is 0 Å². The number of hydrogen-bond donors (Lipinski definition) is 2.